The van der Waals surface area contributed by atoms with E-state index in [4.69, 9.17) is 11.0 Å². The van der Waals surface area contributed by atoms with E-state index in [1.165, 1.54) is 25.7 Å². The molecule has 0 heterocycles. The third kappa shape index (κ3) is 3.06. The molecule has 3 heteroatoms. The topological polar surface area (TPSA) is 66.9 Å². The molecule has 1 unspecified atom stereocenters. The highest BCUT2D eigenvalue weighted by molar-refractivity contribution is 5.76. The number of carbonyl (C=O) groups excluding carboxylic acids is 1. The fourth-order valence-electron chi connectivity index (χ4n) is 2.06. The SMILES string of the molecule is N#CCC(CC1CCCC1)C(N)=O. The summed E-state index contributed by atoms with van der Waals surface area (Å²) in [6, 6.07) is 2.02. The lowest BCUT2D eigenvalue weighted by molar-refractivity contribution is -0.122. The van der Waals surface area contributed by atoms with Gasteiger partial charge in [0.05, 0.1) is 12.0 Å². The van der Waals surface area contributed by atoms with Crippen LogP contribution in [-0.2, 0) is 4.79 Å². The van der Waals surface area contributed by atoms with Gasteiger partial charge in [0, 0.05) is 6.42 Å². The Morgan fingerprint density at radius 1 is 1.54 bits per heavy atom. The second kappa shape index (κ2) is 4.86. The van der Waals surface area contributed by atoms with Crippen molar-refractivity contribution in [2.45, 2.75) is 38.5 Å². The molecule has 1 aliphatic carbocycles. The van der Waals surface area contributed by atoms with Crippen LogP contribution in [0.25, 0.3) is 0 Å². The van der Waals surface area contributed by atoms with Gasteiger partial charge in [0.25, 0.3) is 0 Å². The van der Waals surface area contributed by atoms with E-state index in [-0.39, 0.29) is 18.2 Å². The minimum atomic E-state index is -0.312. The standard InChI is InChI=1S/C10H16N2O/c11-6-5-9(10(12)13)7-8-3-1-2-4-8/h8-9H,1-5,7H2,(H2,12,13). The van der Waals surface area contributed by atoms with Gasteiger partial charge in [0.2, 0.25) is 5.91 Å². The maximum atomic E-state index is 10.9. The molecular weight excluding hydrogens is 164 g/mol. The molecule has 2 N–H and O–H groups in total. The molecule has 1 saturated carbocycles. The first-order valence-corrected chi connectivity index (χ1v) is 4.90. The van der Waals surface area contributed by atoms with E-state index >= 15 is 0 Å². The average Bonchev–Trinajstić information content (AvgIpc) is 2.56. The molecule has 1 rings (SSSR count). The van der Waals surface area contributed by atoms with E-state index in [1.54, 1.807) is 0 Å². The minimum absolute atomic E-state index is 0.215. The first-order chi connectivity index (χ1) is 6.24. The maximum Gasteiger partial charge on any atom is 0.221 e. The zero-order chi connectivity index (χ0) is 9.68. The van der Waals surface area contributed by atoms with Crippen molar-refractivity contribution in [3.05, 3.63) is 0 Å². The number of amides is 1. The van der Waals surface area contributed by atoms with Gasteiger partial charge in [-0.25, -0.2) is 0 Å². The van der Waals surface area contributed by atoms with E-state index in [2.05, 4.69) is 0 Å². The van der Waals surface area contributed by atoms with Gasteiger partial charge >= 0.3 is 0 Å². The van der Waals surface area contributed by atoms with Crippen molar-refractivity contribution in [2.24, 2.45) is 17.6 Å². The number of carbonyl (C=O) groups is 1. The lowest BCUT2D eigenvalue weighted by Crippen LogP contribution is -2.24. The summed E-state index contributed by atoms with van der Waals surface area (Å²) in [5, 5.41) is 8.50. The van der Waals surface area contributed by atoms with Crippen molar-refractivity contribution < 1.29 is 4.79 Å². The number of primary amides is 1. The summed E-state index contributed by atoms with van der Waals surface area (Å²) in [6.07, 6.45) is 6.05. The van der Waals surface area contributed by atoms with Crippen molar-refractivity contribution in [2.75, 3.05) is 0 Å². The molecule has 0 saturated heterocycles. The molecule has 0 aliphatic heterocycles. The monoisotopic (exact) mass is 180 g/mol. The molecule has 0 aromatic heterocycles. The number of nitrogens with two attached hydrogens (primary N) is 1. The van der Waals surface area contributed by atoms with Crippen molar-refractivity contribution in [1.82, 2.24) is 0 Å². The summed E-state index contributed by atoms with van der Waals surface area (Å²) >= 11 is 0. The second-order valence-corrected chi connectivity index (χ2v) is 3.85. The first kappa shape index (κ1) is 10.0. The van der Waals surface area contributed by atoms with Crippen LogP contribution in [0.5, 0.6) is 0 Å². The fraction of sp³-hybridized carbons (Fsp3) is 0.800. The summed E-state index contributed by atoms with van der Waals surface area (Å²) < 4.78 is 0. The molecule has 1 fully saturated rings. The number of hydrogen-bond donors (Lipinski definition) is 1. The van der Waals surface area contributed by atoms with Crippen LogP contribution < -0.4 is 5.73 Å². The predicted molar refractivity (Wildman–Crippen MR) is 49.5 cm³/mol. The minimum Gasteiger partial charge on any atom is -0.369 e. The molecule has 72 valence electrons. The van der Waals surface area contributed by atoms with Gasteiger partial charge in [0.1, 0.15) is 0 Å². The highest BCUT2D eigenvalue weighted by Crippen LogP contribution is 2.30. The smallest absolute Gasteiger partial charge is 0.221 e. The Kier molecular flexibility index (Phi) is 3.75. The predicted octanol–water partition coefficient (Wildman–Crippen LogP) is 1.58. The Morgan fingerprint density at radius 2 is 2.15 bits per heavy atom. The fourth-order valence-corrected chi connectivity index (χ4v) is 2.06. The zero-order valence-electron chi connectivity index (χ0n) is 7.83. The van der Waals surface area contributed by atoms with E-state index in [1.807, 2.05) is 6.07 Å². The van der Waals surface area contributed by atoms with E-state index in [9.17, 15) is 4.79 Å². The zero-order valence-corrected chi connectivity index (χ0v) is 7.83. The molecule has 13 heavy (non-hydrogen) atoms. The van der Waals surface area contributed by atoms with Gasteiger partial charge in [-0.1, -0.05) is 25.7 Å². The highest BCUT2D eigenvalue weighted by Gasteiger charge is 2.23. The van der Waals surface area contributed by atoms with Crippen LogP contribution in [-0.4, -0.2) is 5.91 Å². The third-order valence-electron chi connectivity index (χ3n) is 2.83. The molecule has 0 bridgehead atoms. The van der Waals surface area contributed by atoms with Gasteiger partial charge in [0.15, 0.2) is 0 Å². The van der Waals surface area contributed by atoms with Crippen LogP contribution in [0.2, 0.25) is 0 Å². The van der Waals surface area contributed by atoms with Gasteiger partial charge in [-0.2, -0.15) is 5.26 Å². The summed E-state index contributed by atoms with van der Waals surface area (Å²) in [5.74, 6) is 0.104. The summed E-state index contributed by atoms with van der Waals surface area (Å²) in [4.78, 5) is 10.9. The summed E-state index contributed by atoms with van der Waals surface area (Å²) in [6.45, 7) is 0. The Labute approximate surface area is 78.9 Å². The number of rotatable bonds is 4. The van der Waals surface area contributed by atoms with Crippen molar-refractivity contribution in [3.63, 3.8) is 0 Å². The van der Waals surface area contributed by atoms with E-state index < -0.39 is 0 Å². The Balaban J connectivity index is 2.37. The molecule has 1 aliphatic rings. The molecule has 0 aromatic rings. The number of nitrogens with zero attached hydrogens (tertiary/aromatic N) is 1. The molecular formula is C10H16N2O. The second-order valence-electron chi connectivity index (χ2n) is 3.85. The lowest BCUT2D eigenvalue weighted by Gasteiger charge is -2.14. The molecule has 0 spiro atoms. The quantitative estimate of drug-likeness (QED) is 0.713. The van der Waals surface area contributed by atoms with Crippen LogP contribution >= 0.6 is 0 Å². The molecule has 0 aromatic carbocycles. The molecule has 1 amide bonds. The van der Waals surface area contributed by atoms with Crippen molar-refractivity contribution in [3.8, 4) is 6.07 Å². The highest BCUT2D eigenvalue weighted by atomic mass is 16.1. The van der Waals surface area contributed by atoms with Crippen LogP contribution in [0.1, 0.15) is 38.5 Å². The summed E-state index contributed by atoms with van der Waals surface area (Å²) in [7, 11) is 0. The van der Waals surface area contributed by atoms with Crippen LogP contribution in [0, 0.1) is 23.2 Å². The van der Waals surface area contributed by atoms with Gasteiger partial charge in [-0.3, -0.25) is 4.79 Å². The van der Waals surface area contributed by atoms with Gasteiger partial charge in [-0.05, 0) is 12.3 Å². The maximum absolute atomic E-state index is 10.9. The number of hydrogen-bond acceptors (Lipinski definition) is 2. The van der Waals surface area contributed by atoms with Crippen LogP contribution in [0.15, 0.2) is 0 Å². The first-order valence-electron chi connectivity index (χ1n) is 4.90. The van der Waals surface area contributed by atoms with Crippen LogP contribution in [0.3, 0.4) is 0 Å². The summed E-state index contributed by atoms with van der Waals surface area (Å²) in [5.41, 5.74) is 5.21. The largest absolute Gasteiger partial charge is 0.369 e. The normalized spacial score (nSPS) is 19.6. The molecule has 1 atom stereocenters. The van der Waals surface area contributed by atoms with E-state index in [0.29, 0.717) is 5.92 Å². The van der Waals surface area contributed by atoms with E-state index in [0.717, 1.165) is 6.42 Å². The van der Waals surface area contributed by atoms with Gasteiger partial charge < -0.3 is 5.73 Å². The molecule has 3 nitrogen and oxygen atoms in total. The lowest BCUT2D eigenvalue weighted by atomic mass is 9.91. The van der Waals surface area contributed by atoms with Crippen LogP contribution in [0.4, 0.5) is 0 Å². The third-order valence-corrected chi connectivity index (χ3v) is 2.83. The van der Waals surface area contributed by atoms with Gasteiger partial charge in [-0.15, -0.1) is 0 Å². The average molecular weight is 180 g/mol. The number of nitriles is 1. The van der Waals surface area contributed by atoms with Crippen molar-refractivity contribution >= 4 is 5.91 Å². The van der Waals surface area contributed by atoms with Crippen molar-refractivity contribution in [1.29, 1.82) is 5.26 Å². The Hall–Kier alpha value is -1.04. The molecule has 0 radical (unpaired) electrons. The Morgan fingerprint density at radius 3 is 2.62 bits per heavy atom. The Bertz CT molecular complexity index is 213.